The summed E-state index contributed by atoms with van der Waals surface area (Å²) < 4.78 is 51.5. The van der Waals surface area contributed by atoms with Crippen LogP contribution in [-0.4, -0.2) is 84.4 Å². The first-order valence-electron chi connectivity index (χ1n) is 16.7. The fraction of sp³-hybridized carbons (Fsp3) is 0.432. The molecule has 270 valence electrons. The van der Waals surface area contributed by atoms with E-state index in [0.717, 1.165) is 18.6 Å². The number of aliphatic hydroxyl groups is 1. The summed E-state index contributed by atoms with van der Waals surface area (Å²) in [7, 11) is 1.56. The number of carbonyl (C=O) groups is 3. The van der Waals surface area contributed by atoms with Crippen LogP contribution in [0.4, 0.5) is 29.3 Å². The Bertz CT molecular complexity index is 1590. The van der Waals surface area contributed by atoms with Crippen molar-refractivity contribution in [2.75, 3.05) is 44.0 Å². The number of likely N-dealkylation sites (N-methyl/N-ethyl adjacent to an activating group) is 1. The van der Waals surface area contributed by atoms with E-state index in [1.54, 1.807) is 56.4 Å². The zero-order valence-corrected chi connectivity index (χ0v) is 28.7. The van der Waals surface area contributed by atoms with E-state index in [4.69, 9.17) is 9.47 Å². The van der Waals surface area contributed by atoms with Crippen molar-refractivity contribution in [3.8, 4) is 5.75 Å². The van der Waals surface area contributed by atoms with Gasteiger partial charge in [0.05, 0.1) is 36.0 Å². The van der Waals surface area contributed by atoms with Gasteiger partial charge in [-0.1, -0.05) is 25.1 Å². The number of nitrogens with zero attached hydrogens (tertiary/aromatic N) is 2. The number of anilines is 2. The number of ether oxygens (including phenoxy) is 2. The molecule has 13 heteroatoms. The van der Waals surface area contributed by atoms with Crippen molar-refractivity contribution in [3.05, 3.63) is 89.5 Å². The molecule has 0 spiro atoms. The molecule has 50 heavy (non-hydrogen) atoms. The van der Waals surface area contributed by atoms with Crippen LogP contribution in [0.25, 0.3) is 0 Å². The molecule has 1 aliphatic rings. The number of nitrogens with one attached hydrogen (secondary N) is 2. The summed E-state index contributed by atoms with van der Waals surface area (Å²) in [6.45, 7) is 5.85. The molecule has 3 N–H and O–H groups in total. The molecule has 0 unspecified atom stereocenters. The average molecular weight is 699 g/mol. The lowest BCUT2D eigenvalue weighted by atomic mass is 10.0. The number of amides is 4. The molecule has 1 heterocycles. The Morgan fingerprint density at radius 2 is 1.68 bits per heavy atom. The largest absolute Gasteiger partial charge is 0.490 e. The SMILES string of the molecule is C[C@@H]1CCCCO[C@@H](CN(C)C(=O)Nc2ccc(C(F)(F)F)cc2)[C@H](C)CN([C@@H](C)CO)C(=O)c2cc(NC(=O)c3ccccc3)ccc2O1. The first-order chi connectivity index (χ1) is 23.8. The third kappa shape index (κ3) is 10.4. The van der Waals surface area contributed by atoms with Crippen LogP contribution >= 0.6 is 0 Å². The van der Waals surface area contributed by atoms with Crippen LogP contribution < -0.4 is 15.4 Å². The van der Waals surface area contributed by atoms with Crippen LogP contribution in [0.3, 0.4) is 0 Å². The van der Waals surface area contributed by atoms with Crippen molar-refractivity contribution >= 4 is 29.2 Å². The van der Waals surface area contributed by atoms with E-state index >= 15 is 0 Å². The van der Waals surface area contributed by atoms with Gasteiger partial charge in [0.25, 0.3) is 11.8 Å². The lowest BCUT2D eigenvalue weighted by Gasteiger charge is -2.35. The lowest BCUT2D eigenvalue weighted by Crippen LogP contribution is -2.48. The normalized spacial score (nSPS) is 19.7. The van der Waals surface area contributed by atoms with Gasteiger partial charge >= 0.3 is 12.2 Å². The van der Waals surface area contributed by atoms with E-state index in [9.17, 15) is 32.7 Å². The summed E-state index contributed by atoms with van der Waals surface area (Å²) in [5.41, 5.74) is 0.460. The molecule has 3 aromatic rings. The maximum atomic E-state index is 14.3. The summed E-state index contributed by atoms with van der Waals surface area (Å²) in [4.78, 5) is 43.2. The molecular weight excluding hydrogens is 653 g/mol. The molecule has 0 saturated carbocycles. The molecule has 0 fully saturated rings. The lowest BCUT2D eigenvalue weighted by molar-refractivity contribution is -0.137. The maximum Gasteiger partial charge on any atom is 0.416 e. The number of rotatable bonds is 7. The monoisotopic (exact) mass is 698 g/mol. The number of benzene rings is 3. The molecule has 10 nitrogen and oxygen atoms in total. The number of hydrogen-bond acceptors (Lipinski definition) is 6. The van der Waals surface area contributed by atoms with Gasteiger partial charge in [0.2, 0.25) is 0 Å². The van der Waals surface area contributed by atoms with Crippen LogP contribution in [0.15, 0.2) is 72.8 Å². The highest BCUT2D eigenvalue weighted by Crippen LogP contribution is 2.31. The Kier molecular flexibility index (Phi) is 13.3. The average Bonchev–Trinajstić information content (AvgIpc) is 3.09. The topological polar surface area (TPSA) is 120 Å². The van der Waals surface area contributed by atoms with E-state index in [1.165, 1.54) is 21.9 Å². The van der Waals surface area contributed by atoms with Gasteiger partial charge in [-0.05, 0) is 87.7 Å². The second kappa shape index (κ2) is 17.3. The fourth-order valence-electron chi connectivity index (χ4n) is 5.57. The van der Waals surface area contributed by atoms with Gasteiger partial charge < -0.3 is 35.0 Å². The fourth-order valence-corrected chi connectivity index (χ4v) is 5.57. The molecule has 1 aliphatic heterocycles. The Hall–Kier alpha value is -4.62. The maximum absolute atomic E-state index is 14.3. The molecule has 4 amide bonds. The van der Waals surface area contributed by atoms with Gasteiger partial charge in [-0.3, -0.25) is 9.59 Å². The predicted octanol–water partition coefficient (Wildman–Crippen LogP) is 6.92. The predicted molar refractivity (Wildman–Crippen MR) is 184 cm³/mol. The Morgan fingerprint density at radius 1 is 1.00 bits per heavy atom. The van der Waals surface area contributed by atoms with E-state index in [2.05, 4.69) is 10.6 Å². The number of aliphatic hydroxyl groups excluding tert-OH is 1. The van der Waals surface area contributed by atoms with Gasteiger partial charge in [0.1, 0.15) is 5.75 Å². The van der Waals surface area contributed by atoms with Gasteiger partial charge in [-0.2, -0.15) is 13.2 Å². The smallest absolute Gasteiger partial charge is 0.416 e. The minimum atomic E-state index is -4.49. The number of alkyl halides is 3. The Morgan fingerprint density at radius 3 is 2.34 bits per heavy atom. The summed E-state index contributed by atoms with van der Waals surface area (Å²) >= 11 is 0. The number of carbonyl (C=O) groups excluding carboxylic acids is 3. The second-order valence-electron chi connectivity index (χ2n) is 12.7. The first-order valence-corrected chi connectivity index (χ1v) is 16.7. The Balaban J connectivity index is 1.57. The van der Waals surface area contributed by atoms with Gasteiger partial charge in [-0.25, -0.2) is 4.79 Å². The molecule has 0 radical (unpaired) electrons. The second-order valence-corrected chi connectivity index (χ2v) is 12.7. The summed E-state index contributed by atoms with van der Waals surface area (Å²) in [5, 5.41) is 15.7. The molecular formula is C37H45F3N4O6. The molecule has 4 rings (SSSR count). The summed E-state index contributed by atoms with van der Waals surface area (Å²) in [5.74, 6) is -0.733. The van der Waals surface area contributed by atoms with E-state index in [1.807, 2.05) is 19.9 Å². The van der Waals surface area contributed by atoms with Crippen molar-refractivity contribution in [2.24, 2.45) is 5.92 Å². The van der Waals surface area contributed by atoms with Crippen LogP contribution in [0.2, 0.25) is 0 Å². The number of hydrogen-bond donors (Lipinski definition) is 3. The minimum Gasteiger partial charge on any atom is -0.490 e. The highest BCUT2D eigenvalue weighted by molar-refractivity contribution is 6.05. The van der Waals surface area contributed by atoms with Crippen LogP contribution in [0.1, 0.15) is 66.3 Å². The first kappa shape index (κ1) is 38.2. The number of fused-ring (bicyclic) bond motifs is 1. The Labute approximate surface area is 290 Å². The van der Waals surface area contributed by atoms with Gasteiger partial charge in [-0.15, -0.1) is 0 Å². The summed E-state index contributed by atoms with van der Waals surface area (Å²) in [6.07, 6.45) is -3.11. The van der Waals surface area contributed by atoms with Gasteiger partial charge in [0, 0.05) is 49.6 Å². The third-order valence-corrected chi connectivity index (χ3v) is 8.61. The van der Waals surface area contributed by atoms with Crippen molar-refractivity contribution in [1.82, 2.24) is 9.80 Å². The third-order valence-electron chi connectivity index (χ3n) is 8.61. The van der Waals surface area contributed by atoms with E-state index in [-0.39, 0.29) is 48.9 Å². The standard InChI is InChI=1S/C37H45F3N4O6/c1-24-21-44(25(2)23-45)35(47)31-20-30(41-34(46)27-11-6-5-7-12-27)17-18-32(31)50-26(3)10-8-9-19-49-33(24)22-43(4)36(48)42-29-15-13-28(14-16-29)37(38,39)40/h5-7,11-18,20,24-26,33,45H,8-10,19,21-23H2,1-4H3,(H,41,46)(H,42,48)/t24-,25+,26-,33+/m1/s1. The van der Waals surface area contributed by atoms with E-state index < -0.39 is 35.8 Å². The van der Waals surface area contributed by atoms with Crippen molar-refractivity contribution in [3.63, 3.8) is 0 Å². The quantitative estimate of drug-likeness (QED) is 0.247. The zero-order chi connectivity index (χ0) is 36.4. The highest BCUT2D eigenvalue weighted by atomic mass is 19.4. The molecule has 0 aliphatic carbocycles. The molecule has 0 saturated heterocycles. The van der Waals surface area contributed by atoms with Crippen molar-refractivity contribution < 1.29 is 42.1 Å². The van der Waals surface area contributed by atoms with Crippen molar-refractivity contribution in [1.29, 1.82) is 0 Å². The summed E-state index contributed by atoms with van der Waals surface area (Å²) in [6, 6.07) is 16.6. The van der Waals surface area contributed by atoms with Crippen LogP contribution in [0, 0.1) is 5.92 Å². The molecule has 4 atom stereocenters. The highest BCUT2D eigenvalue weighted by Gasteiger charge is 2.32. The number of halogens is 3. The molecule has 0 aromatic heterocycles. The minimum absolute atomic E-state index is 0.120. The van der Waals surface area contributed by atoms with Gasteiger partial charge in [0.15, 0.2) is 0 Å². The van der Waals surface area contributed by atoms with Crippen molar-refractivity contribution in [2.45, 2.75) is 64.5 Å². The van der Waals surface area contributed by atoms with Crippen LogP contribution in [0.5, 0.6) is 5.75 Å². The zero-order valence-electron chi connectivity index (χ0n) is 28.7. The van der Waals surface area contributed by atoms with Crippen LogP contribution in [-0.2, 0) is 10.9 Å². The van der Waals surface area contributed by atoms with E-state index in [0.29, 0.717) is 36.4 Å². The molecule has 3 aromatic carbocycles. The number of urea groups is 1. The molecule has 0 bridgehead atoms.